The molecule has 1 aromatic heterocycles. The largest absolute Gasteiger partial charge is 0.376 e. The van der Waals surface area contributed by atoms with Crippen LogP contribution in [0.2, 0.25) is 0 Å². The van der Waals surface area contributed by atoms with Crippen molar-refractivity contribution in [3.8, 4) is 0 Å². The molecule has 0 aromatic carbocycles. The maximum atomic E-state index is 5.85. The fourth-order valence-electron chi connectivity index (χ4n) is 4.99. The van der Waals surface area contributed by atoms with Crippen molar-refractivity contribution in [1.82, 2.24) is 14.4 Å². The van der Waals surface area contributed by atoms with Crippen LogP contribution in [0.5, 0.6) is 0 Å². The van der Waals surface area contributed by atoms with E-state index >= 15 is 0 Å². The van der Waals surface area contributed by atoms with E-state index in [1.807, 2.05) is 0 Å². The minimum absolute atomic E-state index is 0.420. The summed E-state index contributed by atoms with van der Waals surface area (Å²) >= 11 is 0. The second kappa shape index (κ2) is 6.81. The fraction of sp³-hybridized carbons (Fsp3) is 0.800. The lowest BCUT2D eigenvalue weighted by molar-refractivity contribution is 0.0538. The van der Waals surface area contributed by atoms with Crippen LogP contribution >= 0.6 is 0 Å². The van der Waals surface area contributed by atoms with Gasteiger partial charge in [-0.05, 0) is 64.6 Å². The molecule has 1 aromatic rings. The van der Waals surface area contributed by atoms with E-state index < -0.39 is 0 Å². The van der Waals surface area contributed by atoms with Crippen LogP contribution in [0.25, 0.3) is 0 Å². The number of piperazine rings is 1. The summed E-state index contributed by atoms with van der Waals surface area (Å²) in [6.45, 7) is 13.9. The summed E-state index contributed by atoms with van der Waals surface area (Å²) in [4.78, 5) is 5.42. The zero-order valence-corrected chi connectivity index (χ0v) is 15.6. The molecule has 3 atom stereocenters. The number of rotatable bonds is 4. The van der Waals surface area contributed by atoms with Gasteiger partial charge < -0.3 is 9.30 Å². The molecule has 3 fully saturated rings. The van der Waals surface area contributed by atoms with Gasteiger partial charge in [0.2, 0.25) is 0 Å². The highest BCUT2D eigenvalue weighted by Crippen LogP contribution is 2.27. The molecule has 134 valence electrons. The Bertz CT molecular complexity index is 576. The molecule has 24 heavy (non-hydrogen) atoms. The summed E-state index contributed by atoms with van der Waals surface area (Å²) in [5.41, 5.74) is 4.36. The van der Waals surface area contributed by atoms with Crippen LogP contribution in [0, 0.1) is 13.8 Å². The van der Waals surface area contributed by atoms with Crippen molar-refractivity contribution in [3.63, 3.8) is 0 Å². The molecular weight excluding hydrogens is 298 g/mol. The standard InChI is InChI=1S/C20H33N3O/c1-15-10-18(17(3)23(15)14-20-7-5-9-24-20)12-22-13-19-6-4-8-21(19)11-16(22)2/h10,16,19-20H,4-9,11-14H2,1-3H3/t16-,19+,20+/m0/s1. The first kappa shape index (κ1) is 16.6. The van der Waals surface area contributed by atoms with E-state index in [1.54, 1.807) is 0 Å². The fourth-order valence-corrected chi connectivity index (χ4v) is 4.99. The lowest BCUT2D eigenvalue weighted by Crippen LogP contribution is -2.54. The first-order valence-electron chi connectivity index (χ1n) is 9.87. The smallest absolute Gasteiger partial charge is 0.0754 e. The topological polar surface area (TPSA) is 20.6 Å². The van der Waals surface area contributed by atoms with Crippen LogP contribution in [-0.2, 0) is 17.8 Å². The quantitative estimate of drug-likeness (QED) is 0.846. The second-order valence-corrected chi connectivity index (χ2v) is 8.21. The van der Waals surface area contributed by atoms with Gasteiger partial charge in [0.25, 0.3) is 0 Å². The van der Waals surface area contributed by atoms with Crippen LogP contribution in [0.1, 0.15) is 49.6 Å². The van der Waals surface area contributed by atoms with E-state index in [9.17, 15) is 0 Å². The van der Waals surface area contributed by atoms with Gasteiger partial charge >= 0.3 is 0 Å². The SMILES string of the molecule is Cc1cc(CN2C[C@H]3CCCN3C[C@@H]2C)c(C)n1C[C@H]1CCCO1. The monoisotopic (exact) mass is 331 g/mol. The van der Waals surface area contributed by atoms with Gasteiger partial charge in [0, 0.05) is 56.3 Å². The summed E-state index contributed by atoms with van der Waals surface area (Å²) in [5, 5.41) is 0. The van der Waals surface area contributed by atoms with Gasteiger partial charge in [-0.15, -0.1) is 0 Å². The van der Waals surface area contributed by atoms with Gasteiger partial charge in [0.05, 0.1) is 6.10 Å². The summed E-state index contributed by atoms with van der Waals surface area (Å²) in [5.74, 6) is 0. The molecule has 4 heteroatoms. The lowest BCUT2D eigenvalue weighted by atomic mass is 10.1. The van der Waals surface area contributed by atoms with Gasteiger partial charge in [-0.3, -0.25) is 9.80 Å². The zero-order valence-electron chi connectivity index (χ0n) is 15.6. The molecule has 0 radical (unpaired) electrons. The Hall–Kier alpha value is -0.840. The maximum Gasteiger partial charge on any atom is 0.0754 e. The number of hydrogen-bond acceptors (Lipinski definition) is 3. The molecule has 0 aliphatic carbocycles. The Morgan fingerprint density at radius 1 is 1.17 bits per heavy atom. The van der Waals surface area contributed by atoms with E-state index in [-0.39, 0.29) is 0 Å². The Kier molecular flexibility index (Phi) is 4.72. The molecule has 0 unspecified atom stereocenters. The highest BCUT2D eigenvalue weighted by atomic mass is 16.5. The molecule has 3 aliphatic heterocycles. The molecule has 4 rings (SSSR count). The average Bonchev–Trinajstić information content (AvgIpc) is 3.26. The lowest BCUT2D eigenvalue weighted by Gasteiger charge is -2.42. The van der Waals surface area contributed by atoms with Gasteiger partial charge in [0.15, 0.2) is 0 Å². The molecule has 4 heterocycles. The number of aryl methyl sites for hydroxylation is 1. The third kappa shape index (κ3) is 3.16. The van der Waals surface area contributed by atoms with E-state index in [2.05, 4.69) is 41.2 Å². The Morgan fingerprint density at radius 3 is 2.83 bits per heavy atom. The number of aromatic nitrogens is 1. The minimum atomic E-state index is 0.420. The maximum absolute atomic E-state index is 5.85. The molecule has 0 amide bonds. The van der Waals surface area contributed by atoms with E-state index in [4.69, 9.17) is 4.74 Å². The Balaban J connectivity index is 1.46. The first-order chi connectivity index (χ1) is 11.6. The third-order valence-electron chi connectivity index (χ3n) is 6.53. The molecular formula is C20H33N3O. The van der Waals surface area contributed by atoms with Gasteiger partial charge in [-0.2, -0.15) is 0 Å². The van der Waals surface area contributed by atoms with Crippen LogP contribution in [0.4, 0.5) is 0 Å². The van der Waals surface area contributed by atoms with Gasteiger partial charge in [-0.25, -0.2) is 0 Å². The highest BCUT2D eigenvalue weighted by Gasteiger charge is 2.34. The van der Waals surface area contributed by atoms with Crippen molar-refractivity contribution >= 4 is 0 Å². The molecule has 0 N–H and O–H groups in total. The molecule has 3 aliphatic rings. The number of fused-ring (bicyclic) bond motifs is 1. The van der Waals surface area contributed by atoms with Crippen LogP contribution in [0.3, 0.4) is 0 Å². The summed E-state index contributed by atoms with van der Waals surface area (Å²) < 4.78 is 8.34. The summed E-state index contributed by atoms with van der Waals surface area (Å²) in [6, 6.07) is 3.88. The van der Waals surface area contributed by atoms with Crippen molar-refractivity contribution < 1.29 is 4.74 Å². The van der Waals surface area contributed by atoms with Crippen molar-refractivity contribution in [2.75, 3.05) is 26.2 Å². The Labute approximate surface area is 146 Å². The molecule has 0 bridgehead atoms. The summed E-state index contributed by atoms with van der Waals surface area (Å²) in [7, 11) is 0. The van der Waals surface area contributed by atoms with Gasteiger partial charge in [0.1, 0.15) is 0 Å². The molecule has 4 nitrogen and oxygen atoms in total. The third-order valence-corrected chi connectivity index (χ3v) is 6.53. The Morgan fingerprint density at radius 2 is 2.04 bits per heavy atom. The summed E-state index contributed by atoms with van der Waals surface area (Å²) in [6.07, 6.45) is 5.64. The zero-order chi connectivity index (χ0) is 16.7. The van der Waals surface area contributed by atoms with Crippen LogP contribution in [-0.4, -0.2) is 58.8 Å². The predicted molar refractivity (Wildman–Crippen MR) is 97.3 cm³/mol. The van der Waals surface area contributed by atoms with E-state index in [0.717, 1.165) is 25.7 Å². The predicted octanol–water partition coefficient (Wildman–Crippen LogP) is 2.95. The van der Waals surface area contributed by atoms with Crippen LogP contribution in [0.15, 0.2) is 6.07 Å². The van der Waals surface area contributed by atoms with Crippen LogP contribution < -0.4 is 0 Å². The number of ether oxygens (including phenoxy) is 1. The van der Waals surface area contributed by atoms with Crippen molar-refractivity contribution in [1.29, 1.82) is 0 Å². The van der Waals surface area contributed by atoms with Crippen molar-refractivity contribution in [2.45, 2.75) is 77.7 Å². The normalized spacial score (nSPS) is 31.7. The first-order valence-corrected chi connectivity index (χ1v) is 9.87. The molecule has 0 spiro atoms. The number of hydrogen-bond donors (Lipinski definition) is 0. The van der Waals surface area contributed by atoms with Gasteiger partial charge in [-0.1, -0.05) is 0 Å². The van der Waals surface area contributed by atoms with E-state index in [1.165, 1.54) is 62.3 Å². The minimum Gasteiger partial charge on any atom is -0.376 e. The second-order valence-electron chi connectivity index (χ2n) is 8.21. The van der Waals surface area contributed by atoms with Crippen molar-refractivity contribution in [2.24, 2.45) is 0 Å². The highest BCUT2D eigenvalue weighted by molar-refractivity contribution is 5.27. The number of nitrogens with zero attached hydrogens (tertiary/aromatic N) is 3. The average molecular weight is 332 g/mol. The van der Waals surface area contributed by atoms with E-state index in [0.29, 0.717) is 12.1 Å². The molecule has 3 saturated heterocycles. The molecule has 0 saturated carbocycles. The van der Waals surface area contributed by atoms with Crippen molar-refractivity contribution in [3.05, 3.63) is 23.0 Å².